The lowest BCUT2D eigenvalue weighted by Gasteiger charge is -2.36. The summed E-state index contributed by atoms with van der Waals surface area (Å²) >= 11 is 1.05. The Morgan fingerprint density at radius 1 is 1.24 bits per heavy atom. The Kier molecular flexibility index (Phi) is 13.1. The Hall–Kier alpha value is -2.88. The number of nitrogens with zero attached hydrogens (tertiary/aromatic N) is 2. The zero-order valence-corrected chi connectivity index (χ0v) is 27.5. The number of benzene rings is 1. The fourth-order valence-electron chi connectivity index (χ4n) is 4.88. The molecule has 0 fully saturated rings. The molecule has 2 heterocycles. The van der Waals surface area contributed by atoms with Crippen molar-refractivity contribution >= 4 is 38.9 Å². The first-order valence-corrected chi connectivity index (χ1v) is 17.2. The molecular weight excluding hydrogens is 635 g/mol. The molecule has 15 heteroatoms. The maximum atomic E-state index is 14.2. The third-order valence-corrected chi connectivity index (χ3v) is 10.3. The second-order valence-corrected chi connectivity index (χ2v) is 14.3. The largest absolute Gasteiger partial charge is 0.490 e. The molecule has 3 rings (SSSR count). The van der Waals surface area contributed by atoms with Gasteiger partial charge in [-0.1, -0.05) is 13.0 Å². The fourth-order valence-corrected chi connectivity index (χ4v) is 6.92. The van der Waals surface area contributed by atoms with Crippen LogP contribution in [0.3, 0.4) is 0 Å². The number of thiophene rings is 1. The summed E-state index contributed by atoms with van der Waals surface area (Å²) in [4.78, 5) is 29.3. The van der Waals surface area contributed by atoms with E-state index in [2.05, 4.69) is 4.72 Å². The number of aliphatic hydroxyl groups is 1. The lowest BCUT2D eigenvalue weighted by Crippen LogP contribution is -2.48. The van der Waals surface area contributed by atoms with Gasteiger partial charge in [-0.2, -0.15) is 13.2 Å². The summed E-state index contributed by atoms with van der Waals surface area (Å²) in [6.45, 7) is 5.35. The van der Waals surface area contributed by atoms with Crippen LogP contribution < -0.4 is 9.46 Å². The van der Waals surface area contributed by atoms with Crippen LogP contribution >= 0.6 is 11.3 Å². The van der Waals surface area contributed by atoms with Crippen LogP contribution in [0.5, 0.6) is 5.75 Å². The summed E-state index contributed by atoms with van der Waals surface area (Å²) in [6, 6.07) is 6.88. The number of likely N-dealkylation sites (N-methyl/N-ethyl adjacent to an activating group) is 1. The standard InChI is InChI=1S/C30H42F3N3O7S2/c1-20-17-36(21(2)19-37)29(39)24-16-23(34-45(40,41)28-9-7-15-44-28)10-11-25(24)43-22(3)8-5-6-14-42-26(20)18-35(4)27(38)12-13-30(31,32)33/h7,9-11,15-16,20-22,26,34,37H,5-6,8,12-14,17-19H2,1-4H3/t20-,21-,22+,26-/m1/s1. The van der Waals surface area contributed by atoms with Crippen LogP contribution in [0.25, 0.3) is 0 Å². The molecule has 0 radical (unpaired) electrons. The van der Waals surface area contributed by atoms with Gasteiger partial charge in [0.2, 0.25) is 5.91 Å². The Balaban J connectivity index is 1.94. The molecule has 252 valence electrons. The molecule has 1 aromatic heterocycles. The maximum absolute atomic E-state index is 14.2. The topological polar surface area (TPSA) is 125 Å². The molecule has 2 amide bonds. The number of amides is 2. The Bertz CT molecular complexity index is 1370. The number of halogens is 3. The van der Waals surface area contributed by atoms with Crippen molar-refractivity contribution < 1.29 is 45.8 Å². The van der Waals surface area contributed by atoms with Crippen LogP contribution in [0.2, 0.25) is 0 Å². The Labute approximate surface area is 266 Å². The van der Waals surface area contributed by atoms with Crippen molar-refractivity contribution in [2.75, 3.05) is 38.1 Å². The smallest absolute Gasteiger partial charge is 0.389 e. The van der Waals surface area contributed by atoms with Crippen molar-refractivity contribution in [1.29, 1.82) is 0 Å². The molecular formula is C30H42F3N3O7S2. The number of fused-ring (bicyclic) bond motifs is 1. The summed E-state index contributed by atoms with van der Waals surface area (Å²) in [5, 5.41) is 11.7. The number of nitrogens with one attached hydrogen (secondary N) is 1. The zero-order chi connectivity index (χ0) is 33.4. The minimum atomic E-state index is -4.45. The van der Waals surface area contributed by atoms with E-state index < -0.39 is 58.9 Å². The van der Waals surface area contributed by atoms with E-state index in [0.29, 0.717) is 19.4 Å². The van der Waals surface area contributed by atoms with E-state index in [1.54, 1.807) is 31.4 Å². The number of aliphatic hydroxyl groups excluding tert-OH is 1. The fraction of sp³-hybridized carbons (Fsp3) is 0.600. The number of hydrogen-bond acceptors (Lipinski definition) is 8. The minimum absolute atomic E-state index is 0.0120. The van der Waals surface area contributed by atoms with Crippen LogP contribution in [0, 0.1) is 5.92 Å². The molecule has 45 heavy (non-hydrogen) atoms. The molecule has 4 atom stereocenters. The lowest BCUT2D eigenvalue weighted by molar-refractivity contribution is -0.149. The molecule has 2 N–H and O–H groups in total. The van der Waals surface area contributed by atoms with Gasteiger partial charge in [0.1, 0.15) is 9.96 Å². The molecule has 1 aliphatic heterocycles. The summed E-state index contributed by atoms with van der Waals surface area (Å²) < 4.78 is 78.9. The summed E-state index contributed by atoms with van der Waals surface area (Å²) in [5.41, 5.74) is 0.243. The highest BCUT2D eigenvalue weighted by Crippen LogP contribution is 2.30. The lowest BCUT2D eigenvalue weighted by atomic mass is 10.0. The Morgan fingerprint density at radius 3 is 2.62 bits per heavy atom. The van der Waals surface area contributed by atoms with Gasteiger partial charge in [0.15, 0.2) is 0 Å². The van der Waals surface area contributed by atoms with Crippen LogP contribution in [-0.2, 0) is 19.6 Å². The first-order valence-electron chi connectivity index (χ1n) is 14.8. The number of carbonyl (C=O) groups excluding carboxylic acids is 2. The highest BCUT2D eigenvalue weighted by molar-refractivity contribution is 7.94. The molecule has 10 nitrogen and oxygen atoms in total. The van der Waals surface area contributed by atoms with E-state index in [4.69, 9.17) is 9.47 Å². The molecule has 0 saturated heterocycles. The second kappa shape index (κ2) is 16.1. The van der Waals surface area contributed by atoms with Crippen molar-refractivity contribution in [3.63, 3.8) is 0 Å². The van der Waals surface area contributed by atoms with E-state index >= 15 is 0 Å². The molecule has 0 saturated carbocycles. The normalized spacial score (nSPS) is 21.3. The number of hydrogen-bond donors (Lipinski definition) is 2. The van der Waals surface area contributed by atoms with Crippen molar-refractivity contribution in [1.82, 2.24) is 9.80 Å². The van der Waals surface area contributed by atoms with Gasteiger partial charge in [0.05, 0.1) is 36.8 Å². The van der Waals surface area contributed by atoms with Crippen LogP contribution in [0.4, 0.5) is 18.9 Å². The number of alkyl halides is 3. The minimum Gasteiger partial charge on any atom is -0.490 e. The van der Waals surface area contributed by atoms with Crippen molar-refractivity contribution in [2.45, 2.75) is 81.5 Å². The molecule has 1 aliphatic rings. The number of ether oxygens (including phenoxy) is 2. The molecule has 0 spiro atoms. The van der Waals surface area contributed by atoms with Gasteiger partial charge in [-0.05, 0) is 62.8 Å². The molecule has 0 bridgehead atoms. The first-order chi connectivity index (χ1) is 21.1. The monoisotopic (exact) mass is 677 g/mol. The predicted molar refractivity (Wildman–Crippen MR) is 165 cm³/mol. The van der Waals surface area contributed by atoms with Gasteiger partial charge in [0.25, 0.3) is 15.9 Å². The summed E-state index contributed by atoms with van der Waals surface area (Å²) in [5.74, 6) is -1.34. The summed E-state index contributed by atoms with van der Waals surface area (Å²) in [7, 11) is -2.48. The molecule has 0 aliphatic carbocycles. The average Bonchev–Trinajstić information content (AvgIpc) is 3.53. The molecule has 2 aromatic rings. The van der Waals surface area contributed by atoms with Gasteiger partial charge >= 0.3 is 6.18 Å². The quantitative estimate of drug-likeness (QED) is 0.377. The van der Waals surface area contributed by atoms with Gasteiger partial charge < -0.3 is 24.4 Å². The van der Waals surface area contributed by atoms with E-state index in [0.717, 1.165) is 17.8 Å². The molecule has 1 aromatic carbocycles. The van der Waals surface area contributed by atoms with Gasteiger partial charge in [0, 0.05) is 44.8 Å². The van der Waals surface area contributed by atoms with Gasteiger partial charge in [-0.15, -0.1) is 11.3 Å². The third kappa shape index (κ3) is 10.9. The first kappa shape index (κ1) is 36.6. The van der Waals surface area contributed by atoms with E-state index in [9.17, 15) is 36.3 Å². The second-order valence-electron chi connectivity index (χ2n) is 11.4. The van der Waals surface area contributed by atoms with Crippen LogP contribution in [0.15, 0.2) is 39.9 Å². The maximum Gasteiger partial charge on any atom is 0.389 e. The SMILES string of the molecule is C[C@@H]1CN([C@H](C)CO)C(=O)c2cc(NS(=O)(=O)c3cccs3)ccc2O[C@@H](C)CCCCO[C@@H]1CN(C)C(=O)CCC(F)(F)F. The number of rotatable bonds is 9. The molecule has 0 unspecified atom stereocenters. The number of carbonyl (C=O) groups is 2. The van der Waals surface area contributed by atoms with Crippen molar-refractivity contribution in [3.05, 3.63) is 41.3 Å². The van der Waals surface area contributed by atoms with Crippen molar-refractivity contribution in [3.8, 4) is 5.75 Å². The predicted octanol–water partition coefficient (Wildman–Crippen LogP) is 5.15. The zero-order valence-electron chi connectivity index (χ0n) is 25.9. The summed E-state index contributed by atoms with van der Waals surface area (Å²) in [6.07, 6.45) is -5.27. The van der Waals surface area contributed by atoms with E-state index in [1.807, 2.05) is 6.92 Å². The highest BCUT2D eigenvalue weighted by atomic mass is 32.2. The van der Waals surface area contributed by atoms with Gasteiger partial charge in [-0.25, -0.2) is 8.42 Å². The van der Waals surface area contributed by atoms with Crippen LogP contribution in [-0.4, -0.2) is 92.9 Å². The highest BCUT2D eigenvalue weighted by Gasteiger charge is 2.32. The third-order valence-electron chi connectivity index (χ3n) is 7.57. The number of anilines is 1. The van der Waals surface area contributed by atoms with Gasteiger partial charge in [-0.3, -0.25) is 14.3 Å². The Morgan fingerprint density at radius 2 is 1.98 bits per heavy atom. The average molecular weight is 678 g/mol. The van der Waals surface area contributed by atoms with Crippen LogP contribution in [0.1, 0.15) is 63.2 Å². The number of sulfonamides is 1. The van der Waals surface area contributed by atoms with E-state index in [-0.39, 0.29) is 47.0 Å². The van der Waals surface area contributed by atoms with E-state index in [1.165, 1.54) is 35.0 Å². The van der Waals surface area contributed by atoms with Crippen molar-refractivity contribution in [2.24, 2.45) is 5.92 Å².